The van der Waals surface area contributed by atoms with Crippen molar-refractivity contribution in [1.29, 1.82) is 0 Å². The van der Waals surface area contributed by atoms with Crippen molar-refractivity contribution in [3.8, 4) is 0 Å². The van der Waals surface area contributed by atoms with Crippen LogP contribution in [0.4, 0.5) is 0 Å². The fraction of sp³-hybridized carbons (Fsp3) is 0.625. The summed E-state index contributed by atoms with van der Waals surface area (Å²) in [6.07, 6.45) is 0.238. The second-order valence-corrected chi connectivity index (χ2v) is 5.25. The van der Waals surface area contributed by atoms with Gasteiger partial charge in [-0.3, -0.25) is 0 Å². The first kappa shape index (κ1) is 11.2. The summed E-state index contributed by atoms with van der Waals surface area (Å²) in [5.41, 5.74) is 0. The van der Waals surface area contributed by atoms with E-state index in [1.54, 1.807) is 14.1 Å². The van der Waals surface area contributed by atoms with Gasteiger partial charge >= 0.3 is 88.2 Å². The average Bonchev–Trinajstić information content (AvgIpc) is 2.20. The van der Waals surface area contributed by atoms with Crippen LogP contribution < -0.4 is 0 Å². The zero-order chi connectivity index (χ0) is 10.7. The van der Waals surface area contributed by atoms with Gasteiger partial charge in [0.15, 0.2) is 0 Å². The molecule has 1 aliphatic heterocycles. The van der Waals surface area contributed by atoms with Crippen LogP contribution in [-0.4, -0.2) is 57.7 Å². The molecule has 1 heterocycles. The summed E-state index contributed by atoms with van der Waals surface area (Å²) in [4.78, 5) is 27.9. The molecule has 1 atom stereocenters. The molecule has 0 radical (unpaired) electrons. The van der Waals surface area contributed by atoms with Gasteiger partial charge in [0, 0.05) is 0 Å². The normalized spacial score (nSPS) is 25.4. The summed E-state index contributed by atoms with van der Waals surface area (Å²) >= 11 is -0.107. The van der Waals surface area contributed by atoms with E-state index in [-0.39, 0.29) is 38.1 Å². The number of ether oxygens (including phenoxy) is 1. The Morgan fingerprint density at radius 3 is 2.86 bits per heavy atom. The molecule has 0 bridgehead atoms. The van der Waals surface area contributed by atoms with E-state index in [4.69, 9.17) is 0 Å². The Balaban J connectivity index is 2.78. The zero-order valence-corrected chi connectivity index (χ0v) is 10.0. The maximum atomic E-state index is 11.4. The van der Waals surface area contributed by atoms with Gasteiger partial charge in [0.2, 0.25) is 0 Å². The topological polar surface area (TPSA) is 59.0 Å². The predicted octanol–water partition coefficient (Wildman–Crippen LogP) is -0.500. The monoisotopic (exact) mass is 264 g/mol. The molecule has 1 aliphatic rings. The van der Waals surface area contributed by atoms with Crippen molar-refractivity contribution in [2.24, 2.45) is 4.99 Å². The number of nitrogens with zero attached hydrogens (tertiary/aromatic N) is 2. The van der Waals surface area contributed by atoms with E-state index < -0.39 is 0 Å². The minimum atomic E-state index is -0.312. The van der Waals surface area contributed by atoms with Gasteiger partial charge in [-0.2, -0.15) is 0 Å². The number of aliphatic imine (C=N–C) groups is 1. The summed E-state index contributed by atoms with van der Waals surface area (Å²) in [7, 11) is 4.64. The molecule has 5 nitrogen and oxygen atoms in total. The molecule has 1 fully saturated rings. The Morgan fingerprint density at radius 1 is 1.71 bits per heavy atom. The summed E-state index contributed by atoms with van der Waals surface area (Å²) < 4.78 is 5.32. The van der Waals surface area contributed by atoms with Crippen LogP contribution >= 0.6 is 0 Å². The van der Waals surface area contributed by atoms with Crippen LogP contribution in [0, 0.1) is 0 Å². The molecule has 6 heteroatoms. The van der Waals surface area contributed by atoms with Crippen molar-refractivity contribution in [2.45, 2.75) is 11.2 Å². The van der Waals surface area contributed by atoms with Crippen LogP contribution in [0.2, 0.25) is 4.82 Å². The van der Waals surface area contributed by atoms with E-state index in [9.17, 15) is 9.59 Å². The van der Waals surface area contributed by atoms with Gasteiger partial charge in [-0.25, -0.2) is 0 Å². The van der Waals surface area contributed by atoms with Crippen molar-refractivity contribution < 1.29 is 14.3 Å². The van der Waals surface area contributed by atoms with Crippen LogP contribution in [0.1, 0.15) is 6.42 Å². The molecule has 0 aromatic carbocycles. The van der Waals surface area contributed by atoms with Crippen molar-refractivity contribution in [3.63, 3.8) is 0 Å². The maximum absolute atomic E-state index is 11.4. The number of hydrogen-bond acceptors (Lipinski definition) is 4. The van der Waals surface area contributed by atoms with Gasteiger partial charge in [0.1, 0.15) is 0 Å². The van der Waals surface area contributed by atoms with E-state index in [0.717, 1.165) is 0 Å². The standard InChI is InChI=1S/C8H12N2O3Se/c1-9-8-10(2)6(11)4-5(14-8)7(12)13-3/h5H,4H2,1-3H3. The third-order valence-corrected chi connectivity index (χ3v) is 4.67. The van der Waals surface area contributed by atoms with Crippen LogP contribution in [0.5, 0.6) is 0 Å². The third kappa shape index (κ3) is 2.13. The SMILES string of the molecule is CN=C1[Se]C(C(=O)OC)CC(=O)N1C. The minimum absolute atomic E-state index is 0.0749. The molecule has 1 saturated heterocycles. The second kappa shape index (κ2) is 4.57. The fourth-order valence-electron chi connectivity index (χ4n) is 1.12. The summed E-state index contributed by atoms with van der Waals surface area (Å²) in [5.74, 6) is -0.387. The van der Waals surface area contributed by atoms with Crippen molar-refractivity contribution in [1.82, 2.24) is 4.90 Å². The average molecular weight is 263 g/mol. The van der Waals surface area contributed by atoms with Gasteiger partial charge < -0.3 is 0 Å². The number of amides is 1. The van der Waals surface area contributed by atoms with Gasteiger partial charge in [0.05, 0.1) is 0 Å². The van der Waals surface area contributed by atoms with Crippen LogP contribution in [0.15, 0.2) is 4.99 Å². The summed E-state index contributed by atoms with van der Waals surface area (Å²) in [6.45, 7) is 0. The molecular formula is C8H12N2O3Se. The molecule has 0 N–H and O–H groups in total. The number of hydrogen-bond donors (Lipinski definition) is 0. The quantitative estimate of drug-likeness (QED) is 0.473. The second-order valence-electron chi connectivity index (χ2n) is 2.79. The molecule has 1 amide bonds. The van der Waals surface area contributed by atoms with Crippen molar-refractivity contribution >= 4 is 31.6 Å². The van der Waals surface area contributed by atoms with Crippen LogP contribution in [0.3, 0.4) is 0 Å². The molecule has 0 saturated carbocycles. The van der Waals surface area contributed by atoms with Gasteiger partial charge in [0.25, 0.3) is 0 Å². The van der Waals surface area contributed by atoms with E-state index in [2.05, 4.69) is 9.73 Å². The Labute approximate surface area is 88.7 Å². The van der Waals surface area contributed by atoms with E-state index >= 15 is 0 Å². The van der Waals surface area contributed by atoms with Crippen LogP contribution in [0.25, 0.3) is 0 Å². The van der Waals surface area contributed by atoms with Crippen LogP contribution in [-0.2, 0) is 14.3 Å². The Morgan fingerprint density at radius 2 is 2.36 bits per heavy atom. The van der Waals surface area contributed by atoms with E-state index in [1.165, 1.54) is 12.0 Å². The number of carbonyl (C=O) groups excluding carboxylic acids is 2. The molecule has 0 aromatic heterocycles. The number of esters is 1. The first-order chi connectivity index (χ1) is 6.60. The molecule has 0 aliphatic carbocycles. The van der Waals surface area contributed by atoms with Gasteiger partial charge in [-0.1, -0.05) is 0 Å². The number of carbonyl (C=O) groups is 2. The number of methoxy groups -OCH3 is 1. The zero-order valence-electron chi connectivity index (χ0n) is 8.31. The number of rotatable bonds is 1. The molecular weight excluding hydrogens is 251 g/mol. The first-order valence-corrected chi connectivity index (χ1v) is 5.92. The van der Waals surface area contributed by atoms with E-state index in [1.807, 2.05) is 0 Å². The Hall–Kier alpha value is -0.871. The Bertz CT molecular complexity index is 290. The Kier molecular flexibility index (Phi) is 3.66. The van der Waals surface area contributed by atoms with E-state index in [0.29, 0.717) is 4.73 Å². The molecule has 0 spiro atoms. The molecule has 1 rings (SSSR count). The summed E-state index contributed by atoms with van der Waals surface area (Å²) in [5, 5.41) is 0. The first-order valence-electron chi connectivity index (χ1n) is 4.08. The predicted molar refractivity (Wildman–Crippen MR) is 52.3 cm³/mol. The van der Waals surface area contributed by atoms with Gasteiger partial charge in [-0.15, -0.1) is 0 Å². The summed E-state index contributed by atoms with van der Waals surface area (Å²) in [6, 6.07) is 0. The van der Waals surface area contributed by atoms with Crippen molar-refractivity contribution in [2.75, 3.05) is 21.2 Å². The third-order valence-electron chi connectivity index (χ3n) is 1.92. The molecule has 1 unspecified atom stereocenters. The molecule has 14 heavy (non-hydrogen) atoms. The number of amidine groups is 1. The molecule has 0 aromatic rings. The van der Waals surface area contributed by atoms with Crippen molar-refractivity contribution in [3.05, 3.63) is 0 Å². The fourth-order valence-corrected chi connectivity index (χ4v) is 3.29. The van der Waals surface area contributed by atoms with Gasteiger partial charge in [-0.05, 0) is 0 Å². The molecule has 78 valence electrons.